The molecule has 13 heteroatoms. The number of aromatic nitrogens is 6. The van der Waals surface area contributed by atoms with Crippen molar-refractivity contribution in [3.63, 3.8) is 0 Å². The summed E-state index contributed by atoms with van der Waals surface area (Å²) >= 11 is 3.29. The van der Waals surface area contributed by atoms with Gasteiger partial charge in [-0.05, 0) is 88.4 Å². The van der Waals surface area contributed by atoms with Crippen LogP contribution in [0.3, 0.4) is 0 Å². The lowest BCUT2D eigenvalue weighted by atomic mass is 10.0. The number of anilines is 2. The molecule has 3 aliphatic heterocycles. The van der Waals surface area contributed by atoms with Crippen LogP contribution in [0.5, 0.6) is 0 Å². The van der Waals surface area contributed by atoms with Crippen LogP contribution in [0, 0.1) is 11.5 Å². The Morgan fingerprint density at radius 1 is 0.631 bits per heavy atom. The van der Waals surface area contributed by atoms with Gasteiger partial charge in [-0.2, -0.15) is 5.26 Å². The van der Waals surface area contributed by atoms with Crippen molar-refractivity contribution in [2.24, 2.45) is 0 Å². The van der Waals surface area contributed by atoms with Gasteiger partial charge in [0.25, 0.3) is 5.91 Å². The van der Waals surface area contributed by atoms with E-state index in [1.165, 1.54) is 20.9 Å². The van der Waals surface area contributed by atoms with Crippen molar-refractivity contribution >= 4 is 55.5 Å². The molecule has 1 saturated heterocycles. The smallest absolute Gasteiger partial charge is 0.267 e. The average molecular weight is 924 g/mol. The molecule has 1 amide bonds. The van der Waals surface area contributed by atoms with Crippen molar-refractivity contribution < 1.29 is 9.18 Å². The van der Waals surface area contributed by atoms with Crippen LogP contribution in [0.1, 0.15) is 17.5 Å². The predicted octanol–water partition coefficient (Wildman–Crippen LogP) is 10.8. The molecule has 1 fully saturated rings. The highest BCUT2D eigenvalue weighted by atomic mass is 79.9. The number of nitrogens with one attached hydrogen (secondary N) is 3. The van der Waals surface area contributed by atoms with Gasteiger partial charge >= 0.3 is 0 Å². The molecule has 9 heterocycles. The maximum atomic E-state index is 15.1. The second-order valence-corrected chi connectivity index (χ2v) is 16.6. The number of pyridine rings is 4. The van der Waals surface area contributed by atoms with Gasteiger partial charge in [0.05, 0.1) is 23.6 Å². The average Bonchev–Trinajstić information content (AvgIpc) is 4.23. The zero-order chi connectivity index (χ0) is 44.6. The fourth-order valence-corrected chi connectivity index (χ4v) is 8.33. The summed E-state index contributed by atoms with van der Waals surface area (Å²) in [5.41, 5.74) is 8.22. The molecule has 0 spiro atoms. The number of benzene rings is 3. The lowest BCUT2D eigenvalue weighted by Gasteiger charge is -2.25. The van der Waals surface area contributed by atoms with Crippen LogP contribution in [-0.4, -0.2) is 72.6 Å². The Bertz CT molecular complexity index is 3100. The minimum Gasteiger partial charge on any atom is -0.369 e. The van der Waals surface area contributed by atoms with Crippen LogP contribution < -0.4 is 10.2 Å². The topological polar surface area (TPSA) is 143 Å². The first-order chi connectivity index (χ1) is 31.8. The number of halogens is 2. The van der Waals surface area contributed by atoms with E-state index in [0.717, 1.165) is 79.2 Å². The van der Waals surface area contributed by atoms with E-state index >= 15 is 4.39 Å². The monoisotopic (exact) mass is 922 g/mol. The number of hydrogen-bond donors (Lipinski definition) is 3. The first-order valence-corrected chi connectivity index (χ1v) is 22.2. The number of likely N-dealkylation sites (tertiary alicyclic amines) is 1. The third kappa shape index (κ3) is 9.78. The van der Waals surface area contributed by atoms with Crippen molar-refractivity contribution in [3.8, 4) is 40.0 Å². The van der Waals surface area contributed by atoms with E-state index < -0.39 is 11.6 Å². The molecule has 0 bridgehead atoms. The van der Waals surface area contributed by atoms with Gasteiger partial charge in [-0.15, -0.1) is 0 Å². The third-order valence-electron chi connectivity index (χ3n) is 11.5. The second kappa shape index (κ2) is 19.4. The van der Waals surface area contributed by atoms with Gasteiger partial charge in [0, 0.05) is 65.9 Å². The Labute approximate surface area is 384 Å². The quantitative estimate of drug-likeness (QED) is 0.117. The molecule has 0 aliphatic carbocycles. The normalized spacial score (nSPS) is 15.6. The summed E-state index contributed by atoms with van der Waals surface area (Å²) < 4.78 is 16.0. The van der Waals surface area contributed by atoms with Crippen molar-refractivity contribution in [3.05, 3.63) is 180 Å². The van der Waals surface area contributed by atoms with Crippen LogP contribution in [-0.2, 0) is 17.6 Å². The summed E-state index contributed by atoms with van der Waals surface area (Å²) in [5, 5.41) is 14.5. The fraction of sp³-hybridized carbons (Fsp3) is 0.154. The van der Waals surface area contributed by atoms with Gasteiger partial charge in [0.1, 0.15) is 27.5 Å². The van der Waals surface area contributed by atoms with Crippen molar-refractivity contribution in [2.75, 3.05) is 36.4 Å². The zero-order valence-electron chi connectivity index (χ0n) is 35.3. The summed E-state index contributed by atoms with van der Waals surface area (Å²) in [4.78, 5) is 39.7. The Hall–Kier alpha value is -7.69. The number of rotatable bonds is 4. The van der Waals surface area contributed by atoms with Gasteiger partial charge in [0.15, 0.2) is 6.19 Å². The minimum atomic E-state index is -2.01. The van der Waals surface area contributed by atoms with Crippen molar-refractivity contribution in [2.45, 2.75) is 24.9 Å². The van der Waals surface area contributed by atoms with Crippen LogP contribution in [0.25, 0.3) is 55.8 Å². The molecule has 3 aliphatic rings. The standard InChI is InChI=1S/C19H17FN4O.C13H12N2.C13H10N2.C7H5BrN2/c20-19(9-11-23(12-19)13-21)18(25)24-10-8-15-6-7-16(22-17(15)24)14-4-2-1-3-5-14;2*1-2-4-10(5-3-1)12-7-6-11-8-9-14-13(11)15-12;8-6-2-1-5-3-4-9-7(5)10-6/h1-7H,8-12H2;1-7H,8-9H2,(H,14,15);1-9H,(H,14,15);1-4H,(H,9,10). The van der Waals surface area contributed by atoms with Gasteiger partial charge in [-0.25, -0.2) is 24.3 Å². The number of alkyl halides is 1. The molecule has 11 nitrogen and oxygen atoms in total. The fourth-order valence-electron chi connectivity index (χ4n) is 8.02. The molecule has 3 aromatic carbocycles. The highest BCUT2D eigenvalue weighted by Crippen LogP contribution is 2.35. The second-order valence-electron chi connectivity index (χ2n) is 15.8. The third-order valence-corrected chi connectivity index (χ3v) is 11.9. The number of carbonyl (C=O) groups excluding carboxylic acids is 1. The number of carbonyl (C=O) groups is 1. The van der Waals surface area contributed by atoms with Gasteiger partial charge in [-0.3, -0.25) is 9.69 Å². The van der Waals surface area contributed by atoms with Gasteiger partial charge < -0.3 is 20.2 Å². The molecular weight excluding hydrogens is 880 g/mol. The highest BCUT2D eigenvalue weighted by molar-refractivity contribution is 9.10. The number of nitrogens with zero attached hydrogens (tertiary/aromatic N) is 7. The van der Waals surface area contributed by atoms with Crippen molar-refractivity contribution in [1.82, 2.24) is 34.8 Å². The van der Waals surface area contributed by atoms with Crippen molar-refractivity contribution in [1.29, 1.82) is 5.26 Å². The Morgan fingerprint density at radius 3 is 1.80 bits per heavy atom. The summed E-state index contributed by atoms with van der Waals surface area (Å²) in [6.07, 6.45) is 7.52. The molecule has 1 atom stereocenters. The molecule has 65 heavy (non-hydrogen) atoms. The lowest BCUT2D eigenvalue weighted by molar-refractivity contribution is -0.129. The van der Waals surface area contributed by atoms with E-state index in [-0.39, 0.29) is 19.5 Å². The van der Waals surface area contributed by atoms with E-state index in [2.05, 4.69) is 93.6 Å². The Kier molecular flexibility index (Phi) is 12.7. The molecule has 6 aromatic heterocycles. The summed E-state index contributed by atoms with van der Waals surface area (Å²) in [6, 6.07) is 50.4. The summed E-state index contributed by atoms with van der Waals surface area (Å²) in [6.45, 7) is 1.54. The number of amides is 1. The maximum absolute atomic E-state index is 15.1. The van der Waals surface area contributed by atoms with Gasteiger partial charge in [0.2, 0.25) is 5.67 Å². The first-order valence-electron chi connectivity index (χ1n) is 21.4. The minimum absolute atomic E-state index is 0.0452. The van der Waals surface area contributed by atoms with E-state index in [1.807, 2.05) is 128 Å². The largest absolute Gasteiger partial charge is 0.369 e. The molecule has 0 saturated carbocycles. The molecule has 12 rings (SSSR count). The number of fused-ring (bicyclic) bond motifs is 4. The van der Waals surface area contributed by atoms with E-state index in [9.17, 15) is 4.79 Å². The molecule has 1 unspecified atom stereocenters. The number of H-pyrrole nitrogens is 2. The molecule has 3 N–H and O–H groups in total. The number of nitriles is 1. The predicted molar refractivity (Wildman–Crippen MR) is 259 cm³/mol. The van der Waals surface area contributed by atoms with Crippen LogP contribution in [0.2, 0.25) is 0 Å². The number of aromatic amines is 2. The SMILES string of the molecule is Brc1ccc2cc[nH]c2n1.N#CN1CCC(F)(C(=O)N2CCc3ccc(-c4ccccc4)nc32)C1.c1ccc(-c2ccc3c(n2)NCC3)cc1.c1ccc(-c2ccc3cc[nH]c3n2)cc1. The molecule has 322 valence electrons. The van der Waals surface area contributed by atoms with E-state index in [1.54, 1.807) is 0 Å². The van der Waals surface area contributed by atoms with Gasteiger partial charge in [-0.1, -0.05) is 103 Å². The van der Waals surface area contributed by atoms with E-state index in [4.69, 9.17) is 5.26 Å². The molecule has 0 radical (unpaired) electrons. The zero-order valence-corrected chi connectivity index (χ0v) is 36.9. The van der Waals surface area contributed by atoms with Crippen LogP contribution >= 0.6 is 15.9 Å². The molecular formula is C52H44BrFN10O. The van der Waals surface area contributed by atoms with Crippen LogP contribution in [0.4, 0.5) is 16.0 Å². The van der Waals surface area contributed by atoms with E-state index in [0.29, 0.717) is 18.8 Å². The Balaban J connectivity index is 0.000000115. The summed E-state index contributed by atoms with van der Waals surface area (Å²) in [5.74, 6) is 1.01. The summed E-state index contributed by atoms with van der Waals surface area (Å²) in [7, 11) is 0. The van der Waals surface area contributed by atoms with Crippen LogP contribution in [0.15, 0.2) is 169 Å². The number of hydrogen-bond acceptors (Lipinski definition) is 8. The Morgan fingerprint density at radius 2 is 1.18 bits per heavy atom. The maximum Gasteiger partial charge on any atom is 0.267 e. The first kappa shape index (κ1) is 42.6. The molecule has 9 aromatic rings. The highest BCUT2D eigenvalue weighted by Gasteiger charge is 2.49. The lowest BCUT2D eigenvalue weighted by Crippen LogP contribution is -2.47.